The fraction of sp³-hybridized carbons (Fsp3) is 0.667. The normalized spacial score (nSPS) is 15.5. The van der Waals surface area contributed by atoms with Crippen LogP contribution in [0.3, 0.4) is 0 Å². The van der Waals surface area contributed by atoms with Crippen LogP contribution in [0.1, 0.15) is 31.9 Å². The minimum atomic E-state index is 0.362. The highest BCUT2D eigenvalue weighted by atomic mass is 16.3. The summed E-state index contributed by atoms with van der Waals surface area (Å²) in [7, 11) is 4.21. The molecule has 0 saturated carbocycles. The van der Waals surface area contributed by atoms with E-state index in [9.17, 15) is 0 Å². The zero-order valence-corrected chi connectivity index (χ0v) is 10.2. The van der Waals surface area contributed by atoms with Gasteiger partial charge in [0.1, 0.15) is 0 Å². The highest BCUT2D eigenvalue weighted by molar-refractivity contribution is 5.10. The first kappa shape index (κ1) is 12.3. The van der Waals surface area contributed by atoms with E-state index in [-0.39, 0.29) is 0 Å². The highest BCUT2D eigenvalue weighted by Gasteiger charge is 2.10. The molecular weight excluding hydrogens is 188 g/mol. The Kier molecular flexibility index (Phi) is 4.85. The van der Waals surface area contributed by atoms with Crippen LogP contribution in [0.2, 0.25) is 0 Å². The van der Waals surface area contributed by atoms with Crippen LogP contribution in [0, 0.1) is 0 Å². The average molecular weight is 210 g/mol. The molecule has 0 aliphatic heterocycles. The zero-order valence-electron chi connectivity index (χ0n) is 10.2. The number of nitrogens with one attached hydrogen (secondary N) is 1. The molecule has 86 valence electrons. The van der Waals surface area contributed by atoms with Crippen LogP contribution in [0.15, 0.2) is 23.0 Å². The summed E-state index contributed by atoms with van der Waals surface area (Å²) in [5.41, 5.74) is 1.21. The summed E-state index contributed by atoms with van der Waals surface area (Å²) in [5, 5.41) is 3.55. The Labute approximate surface area is 92.5 Å². The second kappa shape index (κ2) is 5.93. The van der Waals surface area contributed by atoms with Crippen molar-refractivity contribution in [2.45, 2.75) is 32.4 Å². The molecule has 3 nitrogen and oxygen atoms in total. The SMILES string of the molecule is CC(CCN(C)C)NC(C)c1ccoc1. The largest absolute Gasteiger partial charge is 0.472 e. The third kappa shape index (κ3) is 4.49. The van der Waals surface area contributed by atoms with Gasteiger partial charge in [-0.1, -0.05) is 0 Å². The Morgan fingerprint density at radius 2 is 2.13 bits per heavy atom. The van der Waals surface area contributed by atoms with Crippen LogP contribution in [0.25, 0.3) is 0 Å². The molecule has 1 heterocycles. The molecule has 0 saturated heterocycles. The van der Waals surface area contributed by atoms with Gasteiger partial charge < -0.3 is 14.6 Å². The first-order valence-electron chi connectivity index (χ1n) is 5.52. The molecule has 0 fully saturated rings. The molecule has 1 aromatic rings. The molecule has 0 spiro atoms. The maximum absolute atomic E-state index is 5.07. The van der Waals surface area contributed by atoms with Crippen molar-refractivity contribution in [3.63, 3.8) is 0 Å². The van der Waals surface area contributed by atoms with E-state index < -0.39 is 0 Å². The minimum Gasteiger partial charge on any atom is -0.472 e. The van der Waals surface area contributed by atoms with Gasteiger partial charge in [-0.2, -0.15) is 0 Å². The second-order valence-corrected chi connectivity index (χ2v) is 4.44. The third-order valence-electron chi connectivity index (χ3n) is 2.59. The van der Waals surface area contributed by atoms with Crippen molar-refractivity contribution < 1.29 is 4.42 Å². The molecule has 0 aromatic carbocycles. The van der Waals surface area contributed by atoms with Crippen LogP contribution in [0.4, 0.5) is 0 Å². The van der Waals surface area contributed by atoms with Gasteiger partial charge in [0.15, 0.2) is 0 Å². The maximum atomic E-state index is 5.07. The van der Waals surface area contributed by atoms with E-state index in [1.165, 1.54) is 5.56 Å². The highest BCUT2D eigenvalue weighted by Crippen LogP contribution is 2.13. The summed E-state index contributed by atoms with van der Waals surface area (Å²) in [6.07, 6.45) is 4.68. The van der Waals surface area contributed by atoms with Crippen molar-refractivity contribution in [2.75, 3.05) is 20.6 Å². The Morgan fingerprint density at radius 1 is 1.40 bits per heavy atom. The van der Waals surface area contributed by atoms with E-state index in [4.69, 9.17) is 4.42 Å². The van der Waals surface area contributed by atoms with E-state index >= 15 is 0 Å². The monoisotopic (exact) mass is 210 g/mol. The fourth-order valence-corrected chi connectivity index (χ4v) is 1.58. The lowest BCUT2D eigenvalue weighted by Crippen LogP contribution is -2.31. The van der Waals surface area contributed by atoms with Crippen LogP contribution in [0.5, 0.6) is 0 Å². The van der Waals surface area contributed by atoms with Gasteiger partial charge in [0, 0.05) is 17.6 Å². The van der Waals surface area contributed by atoms with Gasteiger partial charge in [-0.05, 0) is 47.0 Å². The van der Waals surface area contributed by atoms with Crippen molar-refractivity contribution in [3.05, 3.63) is 24.2 Å². The van der Waals surface area contributed by atoms with E-state index in [0.717, 1.165) is 13.0 Å². The van der Waals surface area contributed by atoms with Crippen molar-refractivity contribution >= 4 is 0 Å². The van der Waals surface area contributed by atoms with Gasteiger partial charge in [-0.15, -0.1) is 0 Å². The summed E-state index contributed by atoms with van der Waals surface area (Å²) in [4.78, 5) is 2.21. The minimum absolute atomic E-state index is 0.362. The Hall–Kier alpha value is -0.800. The van der Waals surface area contributed by atoms with Crippen molar-refractivity contribution in [1.82, 2.24) is 10.2 Å². The first-order valence-corrected chi connectivity index (χ1v) is 5.52. The summed E-state index contributed by atoms with van der Waals surface area (Å²) >= 11 is 0. The molecule has 1 rings (SSSR count). The van der Waals surface area contributed by atoms with E-state index in [1.807, 2.05) is 6.07 Å². The number of hydrogen-bond donors (Lipinski definition) is 1. The summed E-state index contributed by atoms with van der Waals surface area (Å²) in [6, 6.07) is 2.90. The van der Waals surface area contributed by atoms with E-state index in [0.29, 0.717) is 12.1 Å². The fourth-order valence-electron chi connectivity index (χ4n) is 1.58. The van der Waals surface area contributed by atoms with Crippen LogP contribution < -0.4 is 5.32 Å². The van der Waals surface area contributed by atoms with Gasteiger partial charge in [-0.3, -0.25) is 0 Å². The van der Waals surface area contributed by atoms with Gasteiger partial charge in [-0.25, -0.2) is 0 Å². The molecule has 15 heavy (non-hydrogen) atoms. The number of nitrogens with zero attached hydrogens (tertiary/aromatic N) is 1. The molecule has 1 N–H and O–H groups in total. The smallest absolute Gasteiger partial charge is 0.0950 e. The van der Waals surface area contributed by atoms with Crippen molar-refractivity contribution in [1.29, 1.82) is 0 Å². The van der Waals surface area contributed by atoms with Crippen LogP contribution >= 0.6 is 0 Å². The predicted octanol–water partition coefficient (Wildman–Crippen LogP) is 2.27. The Morgan fingerprint density at radius 3 is 2.67 bits per heavy atom. The number of rotatable bonds is 6. The molecule has 2 unspecified atom stereocenters. The second-order valence-electron chi connectivity index (χ2n) is 4.44. The van der Waals surface area contributed by atoms with Gasteiger partial charge in [0.05, 0.1) is 12.5 Å². The van der Waals surface area contributed by atoms with Crippen LogP contribution in [-0.4, -0.2) is 31.6 Å². The lowest BCUT2D eigenvalue weighted by molar-refractivity contribution is 0.354. The van der Waals surface area contributed by atoms with Gasteiger partial charge in [0.2, 0.25) is 0 Å². The zero-order chi connectivity index (χ0) is 11.3. The molecule has 3 heteroatoms. The van der Waals surface area contributed by atoms with E-state index in [2.05, 4.69) is 38.2 Å². The molecule has 0 bridgehead atoms. The molecule has 0 aliphatic rings. The van der Waals surface area contributed by atoms with Crippen molar-refractivity contribution in [3.8, 4) is 0 Å². The molecule has 0 amide bonds. The van der Waals surface area contributed by atoms with Gasteiger partial charge in [0.25, 0.3) is 0 Å². The molecule has 2 atom stereocenters. The summed E-state index contributed by atoms with van der Waals surface area (Å²) in [6.45, 7) is 5.50. The quantitative estimate of drug-likeness (QED) is 0.780. The number of hydrogen-bond acceptors (Lipinski definition) is 3. The lowest BCUT2D eigenvalue weighted by atomic mass is 10.1. The number of furan rings is 1. The average Bonchev–Trinajstić information content (AvgIpc) is 2.67. The molecule has 0 radical (unpaired) electrons. The standard InChI is InChI=1S/C12H22N2O/c1-10(5-7-14(3)4)13-11(2)12-6-8-15-9-12/h6,8-11,13H,5,7H2,1-4H3. The maximum Gasteiger partial charge on any atom is 0.0950 e. The Balaban J connectivity index is 2.28. The predicted molar refractivity (Wildman–Crippen MR) is 62.9 cm³/mol. The summed E-state index contributed by atoms with van der Waals surface area (Å²) in [5.74, 6) is 0. The molecule has 1 aromatic heterocycles. The first-order chi connectivity index (χ1) is 7.09. The summed E-state index contributed by atoms with van der Waals surface area (Å²) < 4.78 is 5.07. The lowest BCUT2D eigenvalue weighted by Gasteiger charge is -2.20. The van der Waals surface area contributed by atoms with Crippen molar-refractivity contribution in [2.24, 2.45) is 0 Å². The topological polar surface area (TPSA) is 28.4 Å². The molecule has 0 aliphatic carbocycles. The third-order valence-corrected chi connectivity index (χ3v) is 2.59. The van der Waals surface area contributed by atoms with Gasteiger partial charge >= 0.3 is 0 Å². The Bertz CT molecular complexity index is 257. The van der Waals surface area contributed by atoms with Crippen LogP contribution in [-0.2, 0) is 0 Å². The van der Waals surface area contributed by atoms with E-state index in [1.54, 1.807) is 12.5 Å². The molecular formula is C12H22N2O.